The molecule has 0 aromatic rings. The van der Waals surface area contributed by atoms with Crippen LogP contribution in [-0.4, -0.2) is 22.5 Å². The molecule has 0 aliphatic rings. The first-order valence-electron chi connectivity index (χ1n) is 1.26. The predicted octanol–water partition coefficient (Wildman–Crippen LogP) is -8.22. The van der Waals surface area contributed by atoms with Gasteiger partial charge in [0.2, 0.25) is 0 Å². The van der Waals surface area contributed by atoms with E-state index in [4.69, 9.17) is 30.0 Å². The maximum Gasteiger partial charge on any atom is 1.00 e. The van der Waals surface area contributed by atoms with Gasteiger partial charge in [0.05, 0.1) is 0 Å². The van der Waals surface area contributed by atoms with E-state index in [-0.39, 0.29) is 87.7 Å². The van der Waals surface area contributed by atoms with Crippen molar-refractivity contribution >= 4 is 12.3 Å². The summed E-state index contributed by atoms with van der Waals surface area (Å²) in [6.07, 6.45) is -4.17. The average molecular weight is 230 g/mol. The molecule has 0 unspecified atom stereocenters. The van der Waals surface area contributed by atoms with Crippen LogP contribution in [0.5, 0.6) is 0 Å². The third-order valence-corrected chi connectivity index (χ3v) is 0. The maximum atomic E-state index is 8.56. The van der Waals surface area contributed by atoms with Gasteiger partial charge in [0.25, 0.3) is 0 Å². The molecule has 0 rings (SSSR count). The molecule has 10 heavy (non-hydrogen) atoms. The number of rotatable bonds is 0. The summed E-state index contributed by atoms with van der Waals surface area (Å²) in [5.74, 6) is 0. The van der Waals surface area contributed by atoms with Gasteiger partial charge in [-0.15, -0.1) is 0 Å². The topological polar surface area (TPSA) is 121 Å². The van der Waals surface area contributed by atoms with Crippen molar-refractivity contribution in [2.45, 2.75) is 0 Å². The van der Waals surface area contributed by atoms with Crippen LogP contribution in [0.25, 0.3) is 0 Å². The van der Waals surface area contributed by atoms with Gasteiger partial charge in [0.1, 0.15) is 0 Å². The summed E-state index contributed by atoms with van der Waals surface area (Å²) < 4.78 is 0. The zero-order valence-corrected chi connectivity index (χ0v) is 12.4. The van der Waals surface area contributed by atoms with Gasteiger partial charge in [0.15, 0.2) is 0 Å². The summed E-state index contributed by atoms with van der Waals surface area (Å²) in [5.41, 5.74) is 0. The molecule has 8 heteroatoms. The van der Waals surface area contributed by atoms with Crippen molar-refractivity contribution in [3.63, 3.8) is 0 Å². The first kappa shape index (κ1) is 22.5. The van der Waals surface area contributed by atoms with Crippen molar-refractivity contribution in [3.8, 4) is 0 Å². The third-order valence-electron chi connectivity index (χ3n) is 0. The Hall–Kier alpha value is 1.35. The van der Waals surface area contributed by atoms with E-state index < -0.39 is 12.3 Å². The summed E-state index contributed by atoms with van der Waals surface area (Å²) in [5, 5.41) is 30.6. The van der Waals surface area contributed by atoms with Gasteiger partial charge in [-0.3, -0.25) is 0 Å². The Labute approximate surface area is 127 Å². The van der Waals surface area contributed by atoms with Crippen molar-refractivity contribution in [1.29, 1.82) is 0 Å². The minimum atomic E-state index is -2.33. The van der Waals surface area contributed by atoms with Crippen LogP contribution < -0.4 is 98.0 Å². The average Bonchev–Trinajstić information content (AvgIpc) is 1.25. The summed E-state index contributed by atoms with van der Waals surface area (Å²) in [6, 6.07) is 0. The summed E-state index contributed by atoms with van der Waals surface area (Å²) in [4.78, 5) is 16.9. The normalized spacial score (nSPS) is 4.80. The Morgan fingerprint density at radius 3 is 1.10 bits per heavy atom. The van der Waals surface area contributed by atoms with Crippen LogP contribution in [0, 0.1) is 0 Å². The number of carboxylic acid groups (broad SMARTS) is 4. The molecule has 0 bridgehead atoms. The van der Waals surface area contributed by atoms with Gasteiger partial charge < -0.3 is 25.2 Å². The SMILES string of the molecule is O=C(O)O.O=C([O-])[O-].[Na+].[Rb+]. The molecule has 0 saturated heterocycles. The molecule has 6 nitrogen and oxygen atoms in total. The van der Waals surface area contributed by atoms with Crippen molar-refractivity contribution in [2.75, 3.05) is 0 Å². The standard InChI is InChI=1S/2CH2O3.Na.Rb/c2*2-1(3)4;;/h2*(H2,2,3,4);;/q;;2*+1/p-2. The van der Waals surface area contributed by atoms with E-state index in [1.165, 1.54) is 0 Å². The zero-order chi connectivity index (χ0) is 7.15. The minimum absolute atomic E-state index is 0. The predicted molar refractivity (Wildman–Crippen MR) is 16.0 cm³/mol. The van der Waals surface area contributed by atoms with Crippen LogP contribution in [-0.2, 0) is 0 Å². The molecule has 0 spiro atoms. The van der Waals surface area contributed by atoms with Gasteiger partial charge in [-0.1, -0.05) is 0 Å². The molecule has 0 aliphatic heterocycles. The summed E-state index contributed by atoms with van der Waals surface area (Å²) in [6.45, 7) is 0. The van der Waals surface area contributed by atoms with Crippen molar-refractivity contribution < 1.29 is 118 Å². The van der Waals surface area contributed by atoms with Crippen LogP contribution in [0.2, 0.25) is 0 Å². The van der Waals surface area contributed by atoms with Gasteiger partial charge in [-0.05, 0) is 6.16 Å². The van der Waals surface area contributed by atoms with E-state index in [1.807, 2.05) is 0 Å². The fourth-order valence-electron chi connectivity index (χ4n) is 0. The van der Waals surface area contributed by atoms with Crippen LogP contribution >= 0.6 is 0 Å². The molecule has 0 radical (unpaired) electrons. The van der Waals surface area contributed by atoms with E-state index >= 15 is 0 Å². The molecule has 0 aromatic carbocycles. The van der Waals surface area contributed by atoms with Crippen molar-refractivity contribution in [1.82, 2.24) is 0 Å². The molecule has 0 atom stereocenters. The van der Waals surface area contributed by atoms with E-state index in [9.17, 15) is 0 Å². The number of carbonyl (C=O) groups is 2. The number of hydrogen-bond acceptors (Lipinski definition) is 4. The monoisotopic (exact) mass is 230 g/mol. The Morgan fingerprint density at radius 2 is 1.10 bits per heavy atom. The van der Waals surface area contributed by atoms with E-state index in [2.05, 4.69) is 0 Å². The van der Waals surface area contributed by atoms with Crippen LogP contribution in [0.4, 0.5) is 9.59 Å². The quantitative estimate of drug-likeness (QED) is 0.399. The Balaban J connectivity index is -0.0000000300. The molecule has 0 fully saturated rings. The molecule has 0 heterocycles. The first-order chi connectivity index (χ1) is 3.46. The van der Waals surface area contributed by atoms with E-state index in [0.717, 1.165) is 0 Å². The molecule has 48 valence electrons. The first-order valence-corrected chi connectivity index (χ1v) is 1.26. The molecule has 2 N–H and O–H groups in total. The molecular formula is C2H2NaO6Rb. The third kappa shape index (κ3) is 360. The smallest absolute Gasteiger partial charge is 0.652 e. The number of hydrogen-bond donors (Lipinski definition) is 2. The largest absolute Gasteiger partial charge is 1.00 e. The second kappa shape index (κ2) is 16.7. The fraction of sp³-hybridized carbons (Fsp3) is 0. The molecule has 0 aromatic heterocycles. The fourth-order valence-corrected chi connectivity index (χ4v) is 0. The molecule has 0 amide bonds. The molecule has 0 aliphatic carbocycles. The zero-order valence-electron chi connectivity index (χ0n) is 5.53. The Morgan fingerprint density at radius 1 is 1.10 bits per heavy atom. The van der Waals surface area contributed by atoms with Crippen molar-refractivity contribution in [2.24, 2.45) is 0 Å². The molecule has 0 saturated carbocycles. The Bertz CT molecular complexity index is 73.7. The van der Waals surface area contributed by atoms with Crippen LogP contribution in [0.3, 0.4) is 0 Å². The summed E-state index contributed by atoms with van der Waals surface area (Å²) in [7, 11) is 0. The second-order valence-electron chi connectivity index (χ2n) is 0.533. The second-order valence-corrected chi connectivity index (χ2v) is 0.533. The van der Waals surface area contributed by atoms with E-state index in [0.29, 0.717) is 0 Å². The van der Waals surface area contributed by atoms with Gasteiger partial charge in [-0.25, -0.2) is 4.79 Å². The number of carbonyl (C=O) groups excluding carboxylic acids is 1. The van der Waals surface area contributed by atoms with E-state index in [1.54, 1.807) is 0 Å². The van der Waals surface area contributed by atoms with Gasteiger partial charge >= 0.3 is 93.9 Å². The van der Waals surface area contributed by atoms with Crippen LogP contribution in [0.1, 0.15) is 0 Å². The summed E-state index contributed by atoms with van der Waals surface area (Å²) >= 11 is 0. The maximum absolute atomic E-state index is 8.56. The molecular weight excluding hydrogens is 228 g/mol. The Kier molecular flexibility index (Phi) is 37.7. The van der Waals surface area contributed by atoms with Gasteiger partial charge in [0, 0.05) is 0 Å². The minimum Gasteiger partial charge on any atom is -0.652 e. The van der Waals surface area contributed by atoms with Crippen LogP contribution in [0.15, 0.2) is 0 Å². The van der Waals surface area contributed by atoms with Crippen molar-refractivity contribution in [3.05, 3.63) is 0 Å². The van der Waals surface area contributed by atoms with Gasteiger partial charge in [-0.2, -0.15) is 0 Å².